The lowest BCUT2D eigenvalue weighted by Gasteiger charge is -2.58. The van der Waals surface area contributed by atoms with Gasteiger partial charge in [0.25, 0.3) is 0 Å². The molecule has 1 aliphatic heterocycles. The van der Waals surface area contributed by atoms with E-state index < -0.39 is 19.0 Å². The van der Waals surface area contributed by atoms with Gasteiger partial charge in [-0.15, -0.1) is 0 Å². The Morgan fingerprint density at radius 2 is 2.00 bits per heavy atom. The van der Waals surface area contributed by atoms with Gasteiger partial charge in [-0.2, -0.15) is 0 Å². The smallest absolute Gasteiger partial charge is 0.407 e. The third-order valence-electron chi connectivity index (χ3n) is 13.4. The summed E-state index contributed by atoms with van der Waals surface area (Å²) in [6.45, 7) is 6.21. The summed E-state index contributed by atoms with van der Waals surface area (Å²) in [6.07, 6.45) is 17.5. The molecule has 13 atom stereocenters. The van der Waals surface area contributed by atoms with Crippen LogP contribution in [-0.4, -0.2) is 75.4 Å². The molecule has 12 heteroatoms. The summed E-state index contributed by atoms with van der Waals surface area (Å²) in [6, 6.07) is -0.152. The molecule has 274 valence electrons. The minimum Gasteiger partial charge on any atom is -0.446 e. The summed E-state index contributed by atoms with van der Waals surface area (Å²) in [5.74, 6) is 4.03. The van der Waals surface area contributed by atoms with Crippen LogP contribution in [0.15, 0.2) is 11.6 Å². The molecule has 4 aliphatic carbocycles. The second-order valence-corrected chi connectivity index (χ2v) is 20.6. The number of ether oxygens (including phenoxy) is 2. The van der Waals surface area contributed by atoms with E-state index in [0.29, 0.717) is 5.41 Å². The molecule has 0 aromatic carbocycles. The predicted octanol–water partition coefficient (Wildman–Crippen LogP) is 6.82. The van der Waals surface area contributed by atoms with Crippen molar-refractivity contribution in [3.05, 3.63) is 11.6 Å². The largest absolute Gasteiger partial charge is 0.446 e. The Labute approximate surface area is 295 Å². The minimum absolute atomic E-state index is 0.0307. The van der Waals surface area contributed by atoms with Gasteiger partial charge in [0.2, 0.25) is 0 Å². The number of allylic oxidation sites excluding steroid dienone is 1. The number of nitrogens with one attached hydrogen (secondary N) is 1. The van der Waals surface area contributed by atoms with Crippen LogP contribution in [0.5, 0.6) is 0 Å². The molecule has 1 saturated heterocycles. The van der Waals surface area contributed by atoms with E-state index in [1.807, 2.05) is 7.85 Å². The number of carbonyl (C=O) groups excluding carboxylic acids is 1. The number of unbranched alkanes of at least 4 members (excludes halogenated alkanes) is 2. The van der Waals surface area contributed by atoms with E-state index in [9.17, 15) is 14.5 Å². The first-order valence-corrected chi connectivity index (χ1v) is 22.4. The highest BCUT2D eigenvalue weighted by Crippen LogP contribution is 2.67. The number of rotatable bonds is 15. The summed E-state index contributed by atoms with van der Waals surface area (Å²) >= 11 is 0.957. The topological polar surface area (TPSA) is 129 Å². The highest BCUT2D eigenvalue weighted by molar-refractivity contribution is 8.54. The Kier molecular flexibility index (Phi) is 13.2. The van der Waals surface area contributed by atoms with Crippen molar-refractivity contribution in [2.75, 3.05) is 26.0 Å². The molecular formula is C36H64BN2O7PS. The summed E-state index contributed by atoms with van der Waals surface area (Å²) in [7, 11) is 1.94. The van der Waals surface area contributed by atoms with Gasteiger partial charge in [0.05, 0.1) is 25.4 Å². The number of amides is 1. The minimum atomic E-state index is -3.51. The van der Waals surface area contributed by atoms with Gasteiger partial charge in [0.15, 0.2) is 0 Å². The molecule has 0 spiro atoms. The van der Waals surface area contributed by atoms with Crippen molar-refractivity contribution in [1.29, 1.82) is 0 Å². The van der Waals surface area contributed by atoms with E-state index in [2.05, 4.69) is 39.1 Å². The molecular weight excluding hydrogens is 646 g/mol. The van der Waals surface area contributed by atoms with Crippen LogP contribution >= 0.6 is 18.2 Å². The van der Waals surface area contributed by atoms with Gasteiger partial charge in [-0.25, -0.2) is 9.36 Å². The second kappa shape index (κ2) is 16.4. The SMILES string of the molecule is B[C@H]1CC(N)[C@@H](COP(=O)(OCC(O)CNC(=O)OC2CCC3(C)C(=CCC4C5CCC(C(C)CCCCC)C5(C)CC[C@H]43)C2)SC)O1. The number of hydrogen-bond donors (Lipinski definition) is 3. The molecule has 10 unspecified atom stereocenters. The van der Waals surface area contributed by atoms with E-state index in [0.717, 1.165) is 66.7 Å². The highest BCUT2D eigenvalue weighted by atomic mass is 32.7. The zero-order valence-corrected chi connectivity index (χ0v) is 32.2. The number of nitrogens with two attached hydrogens (primary N) is 1. The summed E-state index contributed by atoms with van der Waals surface area (Å²) in [5.41, 5.74) is 8.24. The number of hydrogen-bond acceptors (Lipinski definition) is 9. The monoisotopic (exact) mass is 710 g/mol. The Balaban J connectivity index is 1.07. The Bertz CT molecular complexity index is 1180. The molecule has 1 heterocycles. The average Bonchev–Trinajstić information content (AvgIpc) is 3.59. The van der Waals surface area contributed by atoms with Crippen LogP contribution in [0.25, 0.3) is 0 Å². The van der Waals surface area contributed by atoms with Crippen molar-refractivity contribution >= 4 is 32.1 Å². The van der Waals surface area contributed by atoms with Crippen LogP contribution in [0.2, 0.25) is 0 Å². The lowest BCUT2D eigenvalue weighted by Crippen LogP contribution is -2.51. The standard InChI is InChI=1S/C36H64BN2O7PS/c1-6-7-8-9-23(2)28-12-13-29-27-11-10-24-18-26(14-16-35(24,3)30(27)15-17-36(28,29)4)45-34(41)39-20-25(40)21-43-47(42,48-5)44-22-32-31(38)19-33(37)46-32/h10,23,25-33,40H,6-9,11-22,37-38H2,1-5H3,(H,39,41)/t23?,25?,26?,27?,28?,29?,30-,31?,32-,33-,35?,36?,47?/m1/s1. The number of aliphatic hydroxyl groups excluding tert-OH is 1. The van der Waals surface area contributed by atoms with Gasteiger partial charge in [0.1, 0.15) is 14.0 Å². The molecule has 0 radical (unpaired) electrons. The maximum Gasteiger partial charge on any atom is 0.407 e. The fourth-order valence-corrected chi connectivity index (χ4v) is 12.7. The van der Waals surface area contributed by atoms with Crippen molar-refractivity contribution in [3.8, 4) is 0 Å². The fourth-order valence-electron chi connectivity index (χ4n) is 10.7. The third kappa shape index (κ3) is 8.56. The second-order valence-electron chi connectivity index (χ2n) is 16.4. The van der Waals surface area contributed by atoms with E-state index >= 15 is 0 Å². The fraction of sp³-hybridized carbons (Fsp3) is 0.917. The first-order valence-electron chi connectivity index (χ1n) is 19.0. The van der Waals surface area contributed by atoms with Gasteiger partial charge in [-0.1, -0.05) is 65.0 Å². The first kappa shape index (κ1) is 38.7. The lowest BCUT2D eigenvalue weighted by atomic mass is 9.47. The highest BCUT2D eigenvalue weighted by Gasteiger charge is 2.59. The Morgan fingerprint density at radius 3 is 2.71 bits per heavy atom. The first-order chi connectivity index (χ1) is 22.8. The Morgan fingerprint density at radius 1 is 1.21 bits per heavy atom. The lowest BCUT2D eigenvalue weighted by molar-refractivity contribution is -0.0581. The zero-order chi connectivity index (χ0) is 34.7. The Hall–Kier alpha value is -0.545. The predicted molar refractivity (Wildman–Crippen MR) is 196 cm³/mol. The van der Waals surface area contributed by atoms with Crippen LogP contribution < -0.4 is 11.1 Å². The van der Waals surface area contributed by atoms with Crippen LogP contribution in [0.1, 0.15) is 111 Å². The van der Waals surface area contributed by atoms with E-state index in [1.54, 1.807) is 6.26 Å². The average molecular weight is 711 g/mol. The summed E-state index contributed by atoms with van der Waals surface area (Å²) < 4.78 is 35.6. The molecule has 0 aromatic heterocycles. The van der Waals surface area contributed by atoms with Gasteiger partial charge in [0, 0.05) is 25.0 Å². The van der Waals surface area contributed by atoms with Gasteiger partial charge in [-0.3, -0.25) is 9.05 Å². The molecule has 5 aliphatic rings. The van der Waals surface area contributed by atoms with Crippen LogP contribution in [0, 0.1) is 40.4 Å². The number of carbonyl (C=O) groups is 1. The third-order valence-corrected chi connectivity index (χ3v) is 16.7. The summed E-state index contributed by atoms with van der Waals surface area (Å²) in [4.78, 5) is 12.8. The molecule has 4 N–H and O–H groups in total. The van der Waals surface area contributed by atoms with Crippen molar-refractivity contribution in [3.63, 3.8) is 0 Å². The van der Waals surface area contributed by atoms with Gasteiger partial charge >= 0.3 is 12.9 Å². The van der Waals surface area contributed by atoms with Crippen LogP contribution in [0.3, 0.4) is 0 Å². The van der Waals surface area contributed by atoms with Gasteiger partial charge < -0.3 is 25.6 Å². The van der Waals surface area contributed by atoms with Crippen molar-refractivity contribution in [2.45, 2.75) is 142 Å². The van der Waals surface area contributed by atoms with E-state index in [-0.39, 0.29) is 49.4 Å². The molecule has 1 amide bonds. The van der Waals surface area contributed by atoms with Crippen LogP contribution in [0.4, 0.5) is 4.79 Å². The molecule has 0 aromatic rings. The molecule has 5 rings (SSSR count). The molecule has 3 saturated carbocycles. The molecule has 48 heavy (non-hydrogen) atoms. The number of aliphatic hydroxyl groups is 1. The number of fused-ring (bicyclic) bond motifs is 5. The summed E-state index contributed by atoms with van der Waals surface area (Å²) in [5, 5.41) is 13.1. The van der Waals surface area contributed by atoms with Crippen molar-refractivity contribution < 1.29 is 33.0 Å². The van der Waals surface area contributed by atoms with E-state index in [1.165, 1.54) is 63.4 Å². The maximum absolute atomic E-state index is 13.0. The normalized spacial score (nSPS) is 40.1. The quantitative estimate of drug-likeness (QED) is 0.0726. The van der Waals surface area contributed by atoms with Crippen molar-refractivity contribution in [2.24, 2.45) is 46.2 Å². The number of alkyl carbamates (subject to hydrolysis) is 1. The van der Waals surface area contributed by atoms with E-state index in [4.69, 9.17) is 24.3 Å². The van der Waals surface area contributed by atoms with Crippen molar-refractivity contribution in [1.82, 2.24) is 5.32 Å². The van der Waals surface area contributed by atoms with Crippen LogP contribution in [-0.2, 0) is 23.1 Å². The maximum atomic E-state index is 13.0. The molecule has 9 nitrogen and oxygen atoms in total. The van der Waals surface area contributed by atoms with Gasteiger partial charge in [-0.05, 0) is 109 Å². The molecule has 0 bridgehead atoms. The zero-order valence-electron chi connectivity index (χ0n) is 30.5. The molecule has 4 fully saturated rings.